The molecule has 0 unspecified atom stereocenters. The number of H-pyrrole nitrogens is 1. The van der Waals surface area contributed by atoms with E-state index < -0.39 is 29.3 Å². The number of rotatable bonds is 1. The maximum Gasteiger partial charge on any atom is 0.285 e. The molecule has 0 fully saturated rings. The number of hydrogen-bond donors (Lipinski definition) is 1. The zero-order valence-corrected chi connectivity index (χ0v) is 7.60. The number of nitrogens with zero attached hydrogens (tertiary/aromatic N) is 1. The van der Waals surface area contributed by atoms with Gasteiger partial charge in [-0.25, -0.2) is 22.5 Å². The van der Waals surface area contributed by atoms with Crippen molar-refractivity contribution in [2.75, 3.05) is 0 Å². The highest BCUT2D eigenvalue weighted by Crippen LogP contribution is 2.17. The van der Waals surface area contributed by atoms with Crippen LogP contribution in [-0.4, -0.2) is 9.97 Å². The Morgan fingerprint density at radius 2 is 1.81 bits per heavy atom. The van der Waals surface area contributed by atoms with Gasteiger partial charge in [0.05, 0.1) is 11.0 Å². The first kappa shape index (κ1) is 10.6. The van der Waals surface area contributed by atoms with Gasteiger partial charge in [0, 0.05) is 12.1 Å². The lowest BCUT2D eigenvalue weighted by atomic mass is 10.2. The number of aromatic nitrogens is 2. The molecule has 0 amide bonds. The van der Waals surface area contributed by atoms with Gasteiger partial charge in [0.2, 0.25) is 0 Å². The molecular weight excluding hydrogens is 228 g/mol. The van der Waals surface area contributed by atoms with Crippen LogP contribution >= 0.6 is 0 Å². The van der Waals surface area contributed by atoms with E-state index in [1.54, 1.807) is 0 Å². The van der Waals surface area contributed by atoms with Crippen molar-refractivity contribution in [2.24, 2.45) is 0 Å². The van der Waals surface area contributed by atoms with Crippen LogP contribution in [0.15, 0.2) is 16.9 Å². The van der Waals surface area contributed by atoms with Gasteiger partial charge in [0.25, 0.3) is 12.0 Å². The lowest BCUT2D eigenvalue weighted by Gasteiger charge is -2.02. The second kappa shape index (κ2) is 3.58. The average molecular weight is 232 g/mol. The van der Waals surface area contributed by atoms with Crippen LogP contribution in [-0.2, 0) is 0 Å². The molecule has 1 aromatic heterocycles. The molecule has 0 aliphatic rings. The van der Waals surface area contributed by atoms with Crippen molar-refractivity contribution in [3.05, 3.63) is 39.8 Å². The molecule has 7 heteroatoms. The Morgan fingerprint density at radius 3 is 2.44 bits per heavy atom. The van der Waals surface area contributed by atoms with Crippen LogP contribution in [0.4, 0.5) is 17.6 Å². The first-order chi connectivity index (χ1) is 7.49. The van der Waals surface area contributed by atoms with E-state index in [0.717, 1.165) is 0 Å². The fourth-order valence-electron chi connectivity index (χ4n) is 1.24. The van der Waals surface area contributed by atoms with Crippen LogP contribution in [0, 0.1) is 11.6 Å². The largest absolute Gasteiger partial charge is 0.319 e. The van der Waals surface area contributed by atoms with E-state index >= 15 is 0 Å². The van der Waals surface area contributed by atoms with E-state index in [4.69, 9.17) is 0 Å². The Hall–Kier alpha value is -1.92. The van der Waals surface area contributed by atoms with E-state index in [-0.39, 0.29) is 11.0 Å². The van der Waals surface area contributed by atoms with Crippen LogP contribution in [0.2, 0.25) is 0 Å². The summed E-state index contributed by atoms with van der Waals surface area (Å²) < 4.78 is 50.1. The second-order valence-corrected chi connectivity index (χ2v) is 3.04. The normalized spacial score (nSPS) is 11.3. The molecule has 0 aliphatic carbocycles. The molecule has 1 heterocycles. The number of fused-ring (bicyclic) bond motifs is 1. The minimum atomic E-state index is -3.07. The summed E-state index contributed by atoms with van der Waals surface area (Å²) in [4.78, 5) is 16.3. The van der Waals surface area contributed by atoms with Gasteiger partial charge in [0.1, 0.15) is 0 Å². The minimum Gasteiger partial charge on any atom is -0.319 e. The quantitative estimate of drug-likeness (QED) is 0.765. The summed E-state index contributed by atoms with van der Waals surface area (Å²) in [5.41, 5.74) is -2.49. The van der Waals surface area contributed by atoms with E-state index in [9.17, 15) is 22.4 Å². The highest BCUT2D eigenvalue weighted by atomic mass is 19.3. The molecule has 0 radical (unpaired) electrons. The summed E-state index contributed by atoms with van der Waals surface area (Å²) in [6.45, 7) is 0. The Kier molecular flexibility index (Phi) is 2.37. The summed E-state index contributed by atoms with van der Waals surface area (Å²) >= 11 is 0. The van der Waals surface area contributed by atoms with Gasteiger partial charge in [-0.15, -0.1) is 0 Å². The average Bonchev–Trinajstić information content (AvgIpc) is 2.19. The number of halogens is 4. The van der Waals surface area contributed by atoms with Gasteiger partial charge in [0.15, 0.2) is 17.3 Å². The number of aromatic amines is 1. The van der Waals surface area contributed by atoms with E-state index in [2.05, 4.69) is 4.98 Å². The molecule has 1 N–H and O–H groups in total. The van der Waals surface area contributed by atoms with Gasteiger partial charge < -0.3 is 4.98 Å². The SMILES string of the molecule is O=c1[nH]c2cc(F)c(F)cc2nc1C(F)F. The molecule has 0 atom stereocenters. The number of benzene rings is 1. The van der Waals surface area contributed by atoms with Crippen molar-refractivity contribution in [3.63, 3.8) is 0 Å². The fraction of sp³-hybridized carbons (Fsp3) is 0.111. The van der Waals surface area contributed by atoms with Gasteiger partial charge in [-0.05, 0) is 0 Å². The molecule has 84 valence electrons. The Bertz CT molecular complexity index is 608. The molecule has 0 bridgehead atoms. The molecular formula is C9H4F4N2O. The molecule has 2 aromatic rings. The van der Waals surface area contributed by atoms with Gasteiger partial charge in [-0.2, -0.15) is 0 Å². The Morgan fingerprint density at radius 1 is 1.19 bits per heavy atom. The summed E-state index contributed by atoms with van der Waals surface area (Å²) in [5, 5.41) is 0. The van der Waals surface area contributed by atoms with Crippen molar-refractivity contribution in [1.82, 2.24) is 9.97 Å². The Balaban J connectivity index is 2.80. The zero-order chi connectivity index (χ0) is 11.9. The summed E-state index contributed by atoms with van der Waals surface area (Å²) in [7, 11) is 0. The number of nitrogens with one attached hydrogen (secondary N) is 1. The van der Waals surface area contributed by atoms with Crippen LogP contribution < -0.4 is 5.56 Å². The topological polar surface area (TPSA) is 45.8 Å². The molecule has 0 aliphatic heterocycles. The van der Waals surface area contributed by atoms with E-state index in [1.165, 1.54) is 0 Å². The zero-order valence-electron chi connectivity index (χ0n) is 7.60. The minimum absolute atomic E-state index is 0.131. The smallest absolute Gasteiger partial charge is 0.285 e. The monoisotopic (exact) mass is 232 g/mol. The predicted molar refractivity (Wildman–Crippen MR) is 47.2 cm³/mol. The maximum atomic E-state index is 12.8. The van der Waals surface area contributed by atoms with Gasteiger partial charge in [-0.3, -0.25) is 4.79 Å². The van der Waals surface area contributed by atoms with Crippen LogP contribution in [0.1, 0.15) is 12.1 Å². The highest BCUT2D eigenvalue weighted by molar-refractivity contribution is 5.74. The third-order valence-electron chi connectivity index (χ3n) is 1.97. The molecule has 2 rings (SSSR count). The maximum absolute atomic E-state index is 12.8. The van der Waals surface area contributed by atoms with E-state index in [1.807, 2.05) is 4.98 Å². The molecule has 0 saturated heterocycles. The highest BCUT2D eigenvalue weighted by Gasteiger charge is 2.16. The van der Waals surface area contributed by atoms with Crippen LogP contribution in [0.5, 0.6) is 0 Å². The molecule has 0 spiro atoms. The molecule has 1 aromatic carbocycles. The standard InChI is InChI=1S/C9H4F4N2O/c10-3-1-5-6(2-4(3)11)15-9(16)7(14-5)8(12)13/h1-2,8H,(H,15,16). The number of alkyl halides is 2. The van der Waals surface area contributed by atoms with Crippen molar-refractivity contribution in [1.29, 1.82) is 0 Å². The summed E-state index contributed by atoms with van der Waals surface area (Å²) in [6.07, 6.45) is -3.07. The second-order valence-electron chi connectivity index (χ2n) is 3.04. The van der Waals surface area contributed by atoms with Crippen LogP contribution in [0.3, 0.4) is 0 Å². The molecule has 0 saturated carbocycles. The summed E-state index contributed by atoms with van der Waals surface area (Å²) in [6, 6.07) is 1.33. The lowest BCUT2D eigenvalue weighted by Crippen LogP contribution is -2.15. The molecule has 16 heavy (non-hydrogen) atoms. The molecule has 3 nitrogen and oxygen atoms in total. The third kappa shape index (κ3) is 1.64. The first-order valence-electron chi connectivity index (χ1n) is 4.16. The van der Waals surface area contributed by atoms with Crippen LogP contribution in [0.25, 0.3) is 11.0 Å². The van der Waals surface area contributed by atoms with Gasteiger partial charge >= 0.3 is 0 Å². The lowest BCUT2D eigenvalue weighted by molar-refractivity contribution is 0.144. The fourth-order valence-corrected chi connectivity index (χ4v) is 1.24. The van der Waals surface area contributed by atoms with Crippen molar-refractivity contribution < 1.29 is 17.6 Å². The predicted octanol–water partition coefficient (Wildman–Crippen LogP) is 2.14. The number of hydrogen-bond acceptors (Lipinski definition) is 2. The van der Waals surface area contributed by atoms with Crippen molar-refractivity contribution in [3.8, 4) is 0 Å². The van der Waals surface area contributed by atoms with Crippen molar-refractivity contribution in [2.45, 2.75) is 6.43 Å². The summed E-state index contributed by atoms with van der Waals surface area (Å²) in [5.74, 6) is -2.40. The van der Waals surface area contributed by atoms with E-state index in [0.29, 0.717) is 12.1 Å². The van der Waals surface area contributed by atoms with Crippen molar-refractivity contribution >= 4 is 11.0 Å². The third-order valence-corrected chi connectivity index (χ3v) is 1.97. The first-order valence-corrected chi connectivity index (χ1v) is 4.16. The van der Waals surface area contributed by atoms with Gasteiger partial charge in [-0.1, -0.05) is 0 Å². The Labute approximate surface area is 85.7 Å².